The molecule has 1 fully saturated rings. The number of anilines is 1. The van der Waals surface area contributed by atoms with Crippen LogP contribution in [0.4, 0.5) is 10.5 Å². The summed E-state index contributed by atoms with van der Waals surface area (Å²) in [6, 6.07) is 7.05. The Morgan fingerprint density at radius 2 is 1.59 bits per heavy atom. The lowest BCUT2D eigenvalue weighted by Crippen LogP contribution is -2.42. The number of ether oxygens (including phenoxy) is 3. The summed E-state index contributed by atoms with van der Waals surface area (Å²) in [5, 5.41) is 6.69. The quantitative estimate of drug-likeness (QED) is 0.451. The van der Waals surface area contributed by atoms with Gasteiger partial charge in [0.05, 0.1) is 6.61 Å². The first-order valence-corrected chi connectivity index (χ1v) is 12.0. The molecule has 0 saturated heterocycles. The Kier molecular flexibility index (Phi) is 9.68. The summed E-state index contributed by atoms with van der Waals surface area (Å²) >= 11 is 0. The van der Waals surface area contributed by atoms with Gasteiger partial charge < -0.3 is 24.8 Å². The van der Waals surface area contributed by atoms with Gasteiger partial charge in [-0.25, -0.2) is 4.79 Å². The molecule has 1 amide bonds. The smallest absolute Gasteiger partial charge is 0.407 e. The third-order valence-electron chi connectivity index (χ3n) is 5.61. The number of hydrogen-bond donors (Lipinski definition) is 2. The summed E-state index contributed by atoms with van der Waals surface area (Å²) in [5.74, 6) is 0.959. The van der Waals surface area contributed by atoms with E-state index in [2.05, 4.69) is 49.6 Å². The number of methoxy groups -OCH3 is 1. The van der Waals surface area contributed by atoms with Crippen LogP contribution in [-0.2, 0) is 14.9 Å². The third-order valence-corrected chi connectivity index (χ3v) is 5.61. The molecule has 1 aliphatic carbocycles. The van der Waals surface area contributed by atoms with Crippen molar-refractivity contribution in [3.8, 4) is 5.75 Å². The second kappa shape index (κ2) is 11.8. The monoisotopic (exact) mass is 448 g/mol. The summed E-state index contributed by atoms with van der Waals surface area (Å²) < 4.78 is 16.7. The first-order valence-electron chi connectivity index (χ1n) is 12.0. The number of hydrogen-bond acceptors (Lipinski definition) is 5. The largest absolute Gasteiger partial charge is 0.493 e. The molecule has 1 aromatic carbocycles. The van der Waals surface area contributed by atoms with Crippen molar-refractivity contribution in [3.05, 3.63) is 23.8 Å². The number of unbranched alkanes of at least 4 members (excludes halogenated alkanes) is 1. The van der Waals surface area contributed by atoms with Crippen molar-refractivity contribution in [2.75, 3.05) is 25.6 Å². The summed E-state index contributed by atoms with van der Waals surface area (Å²) in [5.41, 5.74) is 1.87. The van der Waals surface area contributed by atoms with E-state index in [1.165, 1.54) is 5.56 Å². The number of carbonyl (C=O) groups is 1. The lowest BCUT2D eigenvalue weighted by atomic mass is 9.86. The minimum atomic E-state index is -0.467. The Labute approximate surface area is 194 Å². The number of amides is 1. The molecule has 6 nitrogen and oxygen atoms in total. The van der Waals surface area contributed by atoms with Crippen molar-refractivity contribution in [2.24, 2.45) is 0 Å². The predicted octanol–water partition coefficient (Wildman–Crippen LogP) is 6.04. The number of rotatable bonds is 9. The van der Waals surface area contributed by atoms with Gasteiger partial charge in [0.1, 0.15) is 11.4 Å². The lowest BCUT2D eigenvalue weighted by Gasteiger charge is -2.31. The zero-order chi connectivity index (χ0) is 23.8. The van der Waals surface area contributed by atoms with E-state index in [1.54, 1.807) is 7.11 Å². The van der Waals surface area contributed by atoms with E-state index in [1.807, 2.05) is 20.8 Å². The Balaban J connectivity index is 1.91. The first kappa shape index (κ1) is 26.3. The van der Waals surface area contributed by atoms with Gasteiger partial charge in [0.2, 0.25) is 0 Å². The summed E-state index contributed by atoms with van der Waals surface area (Å²) in [7, 11) is 1.73. The standard InChI is InChI=1S/C26H44N2O4/c1-25(2,3)22-15-14-21(18-23(22)31-17-9-8-16-30-7)27-19-10-12-20(13-11-19)28-24(29)32-26(4,5)6/h14-15,18-20,27H,8-13,16-17H2,1-7H3,(H,28,29). The minimum absolute atomic E-state index is 0.0196. The molecule has 0 atom stereocenters. The molecule has 0 unspecified atom stereocenters. The highest BCUT2D eigenvalue weighted by Crippen LogP contribution is 2.34. The second-order valence-electron chi connectivity index (χ2n) is 10.8. The van der Waals surface area contributed by atoms with Crippen molar-refractivity contribution < 1.29 is 19.0 Å². The molecule has 2 rings (SSSR count). The van der Waals surface area contributed by atoms with Crippen molar-refractivity contribution in [1.82, 2.24) is 5.32 Å². The van der Waals surface area contributed by atoms with Crippen LogP contribution in [0.25, 0.3) is 0 Å². The third kappa shape index (κ3) is 9.27. The van der Waals surface area contributed by atoms with E-state index < -0.39 is 5.60 Å². The molecule has 0 bridgehead atoms. The molecule has 2 N–H and O–H groups in total. The van der Waals surface area contributed by atoms with Gasteiger partial charge in [0.25, 0.3) is 0 Å². The van der Waals surface area contributed by atoms with Crippen molar-refractivity contribution in [1.29, 1.82) is 0 Å². The zero-order valence-electron chi connectivity index (χ0n) is 21.2. The fourth-order valence-corrected chi connectivity index (χ4v) is 3.97. The highest BCUT2D eigenvalue weighted by atomic mass is 16.6. The fraction of sp³-hybridized carbons (Fsp3) is 0.731. The van der Waals surface area contributed by atoms with Gasteiger partial charge in [-0.15, -0.1) is 0 Å². The number of benzene rings is 1. The number of nitrogens with one attached hydrogen (secondary N) is 2. The average Bonchev–Trinajstić information content (AvgIpc) is 2.67. The topological polar surface area (TPSA) is 68.8 Å². The highest BCUT2D eigenvalue weighted by Gasteiger charge is 2.25. The van der Waals surface area contributed by atoms with Crippen LogP contribution >= 0.6 is 0 Å². The SMILES string of the molecule is COCCCCOc1cc(NC2CCC(NC(=O)OC(C)(C)C)CC2)ccc1C(C)(C)C. The van der Waals surface area contributed by atoms with Crippen LogP contribution < -0.4 is 15.4 Å². The van der Waals surface area contributed by atoms with Crippen LogP contribution in [0, 0.1) is 0 Å². The maximum atomic E-state index is 12.0. The Morgan fingerprint density at radius 1 is 0.969 bits per heavy atom. The summed E-state index contributed by atoms with van der Waals surface area (Å²) in [6.07, 6.45) is 5.56. The fourth-order valence-electron chi connectivity index (χ4n) is 3.97. The molecular weight excluding hydrogens is 404 g/mol. The number of carbonyl (C=O) groups excluding carboxylic acids is 1. The van der Waals surface area contributed by atoms with Gasteiger partial charge in [0.15, 0.2) is 0 Å². The van der Waals surface area contributed by atoms with E-state index in [4.69, 9.17) is 14.2 Å². The highest BCUT2D eigenvalue weighted by molar-refractivity contribution is 5.68. The van der Waals surface area contributed by atoms with E-state index in [-0.39, 0.29) is 17.6 Å². The van der Waals surface area contributed by atoms with Crippen molar-refractivity contribution in [2.45, 2.75) is 103 Å². The molecule has 0 radical (unpaired) electrons. The van der Waals surface area contributed by atoms with Crippen LogP contribution in [0.5, 0.6) is 5.75 Å². The molecule has 6 heteroatoms. The molecule has 0 aliphatic heterocycles. The summed E-state index contributed by atoms with van der Waals surface area (Å²) in [4.78, 5) is 12.0. The second-order valence-corrected chi connectivity index (χ2v) is 10.8. The Morgan fingerprint density at radius 3 is 2.19 bits per heavy atom. The number of alkyl carbamates (subject to hydrolysis) is 1. The van der Waals surface area contributed by atoms with Gasteiger partial charge >= 0.3 is 6.09 Å². The van der Waals surface area contributed by atoms with Gasteiger partial charge in [0, 0.05) is 37.6 Å². The van der Waals surface area contributed by atoms with E-state index in [9.17, 15) is 4.79 Å². The minimum Gasteiger partial charge on any atom is -0.493 e. The molecule has 0 heterocycles. The van der Waals surface area contributed by atoms with Crippen LogP contribution in [-0.4, -0.2) is 44.1 Å². The van der Waals surface area contributed by atoms with Crippen LogP contribution in [0.2, 0.25) is 0 Å². The molecule has 1 aliphatic rings. The first-order chi connectivity index (χ1) is 15.0. The normalized spacial score (nSPS) is 19.3. The van der Waals surface area contributed by atoms with Crippen molar-refractivity contribution >= 4 is 11.8 Å². The van der Waals surface area contributed by atoms with Gasteiger partial charge in [-0.1, -0.05) is 26.8 Å². The molecule has 0 spiro atoms. The molecule has 1 aromatic rings. The lowest BCUT2D eigenvalue weighted by molar-refractivity contribution is 0.0492. The molecule has 1 saturated carbocycles. The van der Waals surface area contributed by atoms with Crippen molar-refractivity contribution in [3.63, 3.8) is 0 Å². The van der Waals surface area contributed by atoms with E-state index >= 15 is 0 Å². The Hall–Kier alpha value is -1.95. The van der Waals surface area contributed by atoms with Crippen LogP contribution in [0.3, 0.4) is 0 Å². The zero-order valence-corrected chi connectivity index (χ0v) is 21.2. The Bertz CT molecular complexity index is 714. The molecule has 182 valence electrons. The van der Waals surface area contributed by atoms with E-state index in [0.29, 0.717) is 12.6 Å². The predicted molar refractivity (Wildman–Crippen MR) is 131 cm³/mol. The molecular formula is C26H44N2O4. The van der Waals surface area contributed by atoms with Crippen LogP contribution in [0.15, 0.2) is 18.2 Å². The maximum Gasteiger partial charge on any atom is 0.407 e. The van der Waals surface area contributed by atoms with Crippen LogP contribution in [0.1, 0.15) is 85.6 Å². The van der Waals surface area contributed by atoms with E-state index in [0.717, 1.165) is 56.6 Å². The summed E-state index contributed by atoms with van der Waals surface area (Å²) in [6.45, 7) is 13.8. The molecule has 0 aromatic heterocycles. The van der Waals surface area contributed by atoms with Gasteiger partial charge in [-0.05, 0) is 76.3 Å². The van der Waals surface area contributed by atoms with Gasteiger partial charge in [-0.2, -0.15) is 0 Å². The van der Waals surface area contributed by atoms with Gasteiger partial charge in [-0.3, -0.25) is 0 Å². The molecule has 32 heavy (non-hydrogen) atoms. The maximum absolute atomic E-state index is 12.0. The average molecular weight is 449 g/mol.